The number of para-hydroxylation sites is 1. The molecule has 1 N–H and O–H groups in total. The summed E-state index contributed by atoms with van der Waals surface area (Å²) >= 11 is 11.9. The molecule has 3 aromatic rings. The number of aliphatic imine (C=N–C) groups is 1. The fraction of sp³-hybridized carbons (Fsp3) is 0.0588. The summed E-state index contributed by atoms with van der Waals surface area (Å²) in [6, 6.07) is 14.4. The number of aromatic amines is 1. The number of benzene rings is 2. The number of nitrogens with one attached hydrogen (secondary N) is 1. The lowest BCUT2D eigenvalue weighted by Gasteiger charge is -1.99. The molecule has 116 valence electrons. The molecule has 0 radical (unpaired) electrons. The van der Waals surface area contributed by atoms with Crippen molar-refractivity contribution in [2.24, 2.45) is 4.99 Å². The third-order valence-corrected chi connectivity index (χ3v) is 3.76. The van der Waals surface area contributed by atoms with Gasteiger partial charge in [0.05, 0.1) is 16.9 Å². The van der Waals surface area contributed by atoms with Crippen molar-refractivity contribution >= 4 is 35.1 Å². The molecule has 0 aliphatic heterocycles. The van der Waals surface area contributed by atoms with E-state index in [1.165, 1.54) is 10.9 Å². The van der Waals surface area contributed by atoms with Gasteiger partial charge in [-0.05, 0) is 37.3 Å². The van der Waals surface area contributed by atoms with Gasteiger partial charge in [0.15, 0.2) is 0 Å². The third-order valence-electron chi connectivity index (χ3n) is 3.32. The van der Waals surface area contributed by atoms with E-state index in [2.05, 4.69) is 10.1 Å². The third kappa shape index (κ3) is 3.38. The zero-order valence-electron chi connectivity index (χ0n) is 12.3. The van der Waals surface area contributed by atoms with Gasteiger partial charge in [-0.3, -0.25) is 14.9 Å². The predicted octanol–water partition coefficient (Wildman–Crippen LogP) is 4.53. The number of halogens is 2. The Hall–Kier alpha value is -2.30. The van der Waals surface area contributed by atoms with Gasteiger partial charge in [-0.1, -0.05) is 41.4 Å². The summed E-state index contributed by atoms with van der Waals surface area (Å²) in [5.74, 6) is 0. The van der Waals surface area contributed by atoms with Gasteiger partial charge >= 0.3 is 0 Å². The number of aromatic nitrogens is 2. The van der Waals surface area contributed by atoms with Gasteiger partial charge in [0, 0.05) is 22.0 Å². The topological polar surface area (TPSA) is 50.1 Å². The number of H-pyrrole nitrogens is 1. The van der Waals surface area contributed by atoms with Crippen molar-refractivity contribution in [2.75, 3.05) is 0 Å². The van der Waals surface area contributed by atoms with E-state index in [-0.39, 0.29) is 5.56 Å². The molecular weight excluding hydrogens is 333 g/mol. The minimum Gasteiger partial charge on any atom is -0.295 e. The molecule has 23 heavy (non-hydrogen) atoms. The Balaban J connectivity index is 2.00. The van der Waals surface area contributed by atoms with Crippen LogP contribution in [0.1, 0.15) is 11.3 Å². The molecule has 0 spiro atoms. The smallest absolute Gasteiger partial charge is 0.280 e. The predicted molar refractivity (Wildman–Crippen MR) is 94.8 cm³/mol. The van der Waals surface area contributed by atoms with E-state index in [0.717, 1.165) is 11.4 Å². The summed E-state index contributed by atoms with van der Waals surface area (Å²) in [7, 11) is 0. The summed E-state index contributed by atoms with van der Waals surface area (Å²) in [6.45, 7) is 1.83. The van der Waals surface area contributed by atoms with Crippen LogP contribution in [0.3, 0.4) is 0 Å². The Morgan fingerprint density at radius 1 is 1.09 bits per heavy atom. The molecule has 0 bridgehead atoms. The SMILES string of the molecule is Cc1[nH]n(-c2ccccc2)c(=O)c1C=Nc1cc(Cl)cc(Cl)c1. The normalized spacial score (nSPS) is 11.3. The zero-order valence-corrected chi connectivity index (χ0v) is 13.8. The van der Waals surface area contributed by atoms with Crippen LogP contribution in [0.5, 0.6) is 0 Å². The number of rotatable bonds is 3. The summed E-state index contributed by atoms with van der Waals surface area (Å²) < 4.78 is 1.49. The highest BCUT2D eigenvalue weighted by atomic mass is 35.5. The quantitative estimate of drug-likeness (QED) is 0.696. The molecule has 2 aromatic carbocycles. The highest BCUT2D eigenvalue weighted by Gasteiger charge is 2.10. The van der Waals surface area contributed by atoms with Gasteiger partial charge < -0.3 is 0 Å². The van der Waals surface area contributed by atoms with E-state index < -0.39 is 0 Å². The van der Waals surface area contributed by atoms with E-state index in [9.17, 15) is 4.79 Å². The molecule has 0 aliphatic rings. The van der Waals surface area contributed by atoms with Gasteiger partial charge in [-0.25, -0.2) is 4.68 Å². The molecular formula is C17H13Cl2N3O. The van der Waals surface area contributed by atoms with Crippen LogP contribution in [0.2, 0.25) is 10.0 Å². The molecule has 1 heterocycles. The van der Waals surface area contributed by atoms with Crippen LogP contribution in [0.15, 0.2) is 58.3 Å². The highest BCUT2D eigenvalue weighted by molar-refractivity contribution is 6.35. The van der Waals surface area contributed by atoms with Crippen LogP contribution in [0, 0.1) is 6.92 Å². The van der Waals surface area contributed by atoms with Crippen LogP contribution in [-0.2, 0) is 0 Å². The lowest BCUT2D eigenvalue weighted by molar-refractivity contribution is 0.835. The molecule has 1 aromatic heterocycles. The van der Waals surface area contributed by atoms with Crippen molar-refractivity contribution in [3.63, 3.8) is 0 Å². The van der Waals surface area contributed by atoms with Gasteiger partial charge in [-0.2, -0.15) is 0 Å². The minimum atomic E-state index is -0.162. The number of nitrogens with zero attached hydrogens (tertiary/aromatic N) is 2. The standard InChI is InChI=1S/C17H13Cl2N3O/c1-11-16(10-20-14-8-12(18)7-13(19)9-14)17(23)22(21-11)15-5-3-2-4-6-15/h2-10,21H,1H3. The van der Waals surface area contributed by atoms with Crippen molar-refractivity contribution in [1.82, 2.24) is 9.78 Å². The molecule has 3 rings (SSSR count). The Kier molecular flexibility index (Phi) is 4.37. The second-order valence-corrected chi connectivity index (χ2v) is 5.89. The Labute approximate surface area is 143 Å². The maximum atomic E-state index is 12.5. The van der Waals surface area contributed by atoms with Crippen molar-refractivity contribution in [3.05, 3.63) is 80.2 Å². The molecule has 6 heteroatoms. The highest BCUT2D eigenvalue weighted by Crippen LogP contribution is 2.24. The van der Waals surface area contributed by atoms with Gasteiger partial charge in [0.1, 0.15) is 0 Å². The van der Waals surface area contributed by atoms with Crippen LogP contribution in [-0.4, -0.2) is 16.0 Å². The van der Waals surface area contributed by atoms with Crippen molar-refractivity contribution in [3.8, 4) is 5.69 Å². The molecule has 0 aliphatic carbocycles. The average Bonchev–Trinajstić information content (AvgIpc) is 2.80. The molecule has 0 saturated carbocycles. The van der Waals surface area contributed by atoms with E-state index in [1.54, 1.807) is 18.2 Å². The lowest BCUT2D eigenvalue weighted by atomic mass is 10.2. The molecule has 0 atom stereocenters. The summed E-state index contributed by atoms with van der Waals surface area (Å²) in [5, 5.41) is 4.04. The number of hydrogen-bond acceptors (Lipinski definition) is 2. The molecule has 0 fully saturated rings. The Bertz CT molecular complexity index is 907. The van der Waals surface area contributed by atoms with E-state index in [1.807, 2.05) is 37.3 Å². The van der Waals surface area contributed by atoms with Crippen LogP contribution in [0.25, 0.3) is 5.69 Å². The largest absolute Gasteiger partial charge is 0.295 e. The summed E-state index contributed by atoms with van der Waals surface area (Å²) in [4.78, 5) is 16.8. The zero-order chi connectivity index (χ0) is 16.4. The van der Waals surface area contributed by atoms with Crippen LogP contribution in [0.4, 0.5) is 5.69 Å². The van der Waals surface area contributed by atoms with Crippen molar-refractivity contribution in [2.45, 2.75) is 6.92 Å². The maximum absolute atomic E-state index is 12.5. The van der Waals surface area contributed by atoms with E-state index in [0.29, 0.717) is 21.3 Å². The first-order valence-electron chi connectivity index (χ1n) is 6.92. The first-order valence-corrected chi connectivity index (χ1v) is 7.67. The molecule has 0 saturated heterocycles. The second kappa shape index (κ2) is 6.44. The van der Waals surface area contributed by atoms with Gasteiger partial charge in [0.25, 0.3) is 5.56 Å². The van der Waals surface area contributed by atoms with Crippen LogP contribution >= 0.6 is 23.2 Å². The summed E-state index contributed by atoms with van der Waals surface area (Å²) in [6.07, 6.45) is 1.52. The van der Waals surface area contributed by atoms with Gasteiger partial charge in [0.2, 0.25) is 0 Å². The fourth-order valence-corrected chi connectivity index (χ4v) is 2.74. The molecule has 0 amide bonds. The number of hydrogen-bond donors (Lipinski definition) is 1. The average molecular weight is 346 g/mol. The maximum Gasteiger partial charge on any atom is 0.280 e. The minimum absolute atomic E-state index is 0.162. The first kappa shape index (κ1) is 15.6. The summed E-state index contributed by atoms with van der Waals surface area (Å²) in [5.41, 5.74) is 2.42. The monoisotopic (exact) mass is 345 g/mol. The van der Waals surface area contributed by atoms with Crippen LogP contribution < -0.4 is 5.56 Å². The number of aryl methyl sites for hydroxylation is 1. The first-order chi connectivity index (χ1) is 11.0. The fourth-order valence-electron chi connectivity index (χ4n) is 2.22. The lowest BCUT2D eigenvalue weighted by Crippen LogP contribution is -2.17. The Morgan fingerprint density at radius 3 is 2.39 bits per heavy atom. The Morgan fingerprint density at radius 2 is 1.74 bits per heavy atom. The van der Waals surface area contributed by atoms with Crippen molar-refractivity contribution in [1.29, 1.82) is 0 Å². The molecule has 4 nitrogen and oxygen atoms in total. The van der Waals surface area contributed by atoms with Gasteiger partial charge in [-0.15, -0.1) is 0 Å². The van der Waals surface area contributed by atoms with E-state index >= 15 is 0 Å². The van der Waals surface area contributed by atoms with E-state index in [4.69, 9.17) is 23.2 Å². The molecule has 0 unspecified atom stereocenters. The second-order valence-electron chi connectivity index (χ2n) is 5.01. The van der Waals surface area contributed by atoms with Crippen molar-refractivity contribution < 1.29 is 0 Å².